The SMILES string of the molecule is CN(C)[C@@H]1CO[C@H](CNC(=O)c2cccs2)[C@H]1O. The minimum Gasteiger partial charge on any atom is -0.389 e. The normalized spacial score (nSPS) is 27.7. The lowest BCUT2D eigenvalue weighted by atomic mass is 10.1. The average molecular weight is 270 g/mol. The van der Waals surface area contributed by atoms with Gasteiger partial charge in [-0.05, 0) is 25.5 Å². The van der Waals surface area contributed by atoms with Gasteiger partial charge < -0.3 is 20.1 Å². The summed E-state index contributed by atoms with van der Waals surface area (Å²) in [6.07, 6.45) is -0.898. The first-order chi connectivity index (χ1) is 8.59. The van der Waals surface area contributed by atoms with Gasteiger partial charge >= 0.3 is 0 Å². The van der Waals surface area contributed by atoms with Crippen molar-refractivity contribution in [2.24, 2.45) is 0 Å². The highest BCUT2D eigenvalue weighted by molar-refractivity contribution is 7.12. The van der Waals surface area contributed by atoms with E-state index in [0.29, 0.717) is 18.0 Å². The molecule has 1 aromatic rings. The predicted molar refractivity (Wildman–Crippen MR) is 69.9 cm³/mol. The number of hydrogen-bond acceptors (Lipinski definition) is 5. The number of hydrogen-bond donors (Lipinski definition) is 2. The number of likely N-dealkylation sites (N-methyl/N-ethyl adjacent to an activating group) is 1. The van der Waals surface area contributed by atoms with Crippen LogP contribution in [-0.2, 0) is 4.74 Å². The monoisotopic (exact) mass is 270 g/mol. The molecule has 100 valence electrons. The van der Waals surface area contributed by atoms with Gasteiger partial charge in [0.25, 0.3) is 5.91 Å². The van der Waals surface area contributed by atoms with Gasteiger partial charge in [0.05, 0.1) is 23.6 Å². The van der Waals surface area contributed by atoms with E-state index < -0.39 is 6.10 Å². The molecule has 0 radical (unpaired) electrons. The average Bonchev–Trinajstić information content (AvgIpc) is 2.95. The Balaban J connectivity index is 1.83. The van der Waals surface area contributed by atoms with Gasteiger partial charge in [0.2, 0.25) is 0 Å². The molecule has 0 aromatic carbocycles. The van der Waals surface area contributed by atoms with Gasteiger partial charge in [-0.15, -0.1) is 11.3 Å². The van der Waals surface area contributed by atoms with Crippen LogP contribution in [0.25, 0.3) is 0 Å². The third kappa shape index (κ3) is 2.89. The molecule has 0 unspecified atom stereocenters. The van der Waals surface area contributed by atoms with Gasteiger partial charge in [-0.25, -0.2) is 0 Å². The largest absolute Gasteiger partial charge is 0.389 e. The molecule has 0 aliphatic carbocycles. The topological polar surface area (TPSA) is 61.8 Å². The number of carbonyl (C=O) groups excluding carboxylic acids is 1. The number of ether oxygens (including phenoxy) is 1. The zero-order valence-electron chi connectivity index (χ0n) is 10.5. The lowest BCUT2D eigenvalue weighted by Crippen LogP contribution is -2.44. The molecule has 5 nitrogen and oxygen atoms in total. The molecular formula is C12H18N2O3S. The van der Waals surface area contributed by atoms with Crippen molar-refractivity contribution < 1.29 is 14.6 Å². The highest BCUT2D eigenvalue weighted by Crippen LogP contribution is 2.17. The Morgan fingerprint density at radius 1 is 1.67 bits per heavy atom. The molecular weight excluding hydrogens is 252 g/mol. The number of rotatable bonds is 4. The third-order valence-electron chi connectivity index (χ3n) is 3.13. The first-order valence-electron chi connectivity index (χ1n) is 5.87. The van der Waals surface area contributed by atoms with E-state index in [9.17, 15) is 9.90 Å². The molecule has 2 heterocycles. The van der Waals surface area contributed by atoms with Gasteiger partial charge in [-0.2, -0.15) is 0 Å². The van der Waals surface area contributed by atoms with Gasteiger partial charge in [0, 0.05) is 6.54 Å². The smallest absolute Gasteiger partial charge is 0.261 e. The van der Waals surface area contributed by atoms with Crippen molar-refractivity contribution in [2.75, 3.05) is 27.2 Å². The molecule has 1 saturated heterocycles. The van der Waals surface area contributed by atoms with Crippen LogP contribution >= 0.6 is 11.3 Å². The van der Waals surface area contributed by atoms with E-state index in [2.05, 4.69) is 5.32 Å². The maximum absolute atomic E-state index is 11.7. The molecule has 2 rings (SSSR count). The van der Waals surface area contributed by atoms with E-state index in [1.165, 1.54) is 11.3 Å². The van der Waals surface area contributed by atoms with Crippen molar-refractivity contribution in [2.45, 2.75) is 18.2 Å². The second kappa shape index (κ2) is 5.79. The van der Waals surface area contributed by atoms with Crippen LogP contribution < -0.4 is 5.32 Å². The van der Waals surface area contributed by atoms with Gasteiger partial charge in [-0.3, -0.25) is 4.79 Å². The Morgan fingerprint density at radius 2 is 2.44 bits per heavy atom. The van der Waals surface area contributed by atoms with Crippen LogP contribution in [0.3, 0.4) is 0 Å². The molecule has 1 fully saturated rings. The lowest BCUT2D eigenvalue weighted by molar-refractivity contribution is 0.0362. The molecule has 0 spiro atoms. The number of carbonyl (C=O) groups is 1. The fourth-order valence-corrected chi connectivity index (χ4v) is 2.63. The molecule has 1 amide bonds. The summed E-state index contributed by atoms with van der Waals surface area (Å²) in [7, 11) is 3.81. The molecule has 18 heavy (non-hydrogen) atoms. The second-order valence-corrected chi connectivity index (χ2v) is 5.53. The number of nitrogens with zero attached hydrogens (tertiary/aromatic N) is 1. The summed E-state index contributed by atoms with van der Waals surface area (Å²) in [5.41, 5.74) is 0. The van der Waals surface area contributed by atoms with Crippen molar-refractivity contribution in [1.29, 1.82) is 0 Å². The molecule has 1 aromatic heterocycles. The Morgan fingerprint density at radius 3 is 3.00 bits per heavy atom. The van der Waals surface area contributed by atoms with Crippen LogP contribution in [0.4, 0.5) is 0 Å². The summed E-state index contributed by atoms with van der Waals surface area (Å²) in [6, 6.07) is 3.60. The number of aliphatic hydroxyl groups is 1. The molecule has 6 heteroatoms. The summed E-state index contributed by atoms with van der Waals surface area (Å²) >= 11 is 1.40. The van der Waals surface area contributed by atoms with Crippen LogP contribution in [0.1, 0.15) is 9.67 Å². The Bertz CT molecular complexity index is 394. The summed E-state index contributed by atoms with van der Waals surface area (Å²) in [6.45, 7) is 0.829. The first kappa shape index (κ1) is 13.5. The molecule has 2 N–H and O–H groups in total. The van der Waals surface area contributed by atoms with E-state index in [-0.39, 0.29) is 18.1 Å². The quantitative estimate of drug-likeness (QED) is 0.818. The summed E-state index contributed by atoms with van der Waals surface area (Å²) < 4.78 is 5.50. The van der Waals surface area contributed by atoms with E-state index in [0.717, 1.165) is 0 Å². The van der Waals surface area contributed by atoms with Crippen molar-refractivity contribution in [3.05, 3.63) is 22.4 Å². The Labute approximate surface area is 110 Å². The van der Waals surface area contributed by atoms with Crippen molar-refractivity contribution in [3.8, 4) is 0 Å². The number of nitrogens with one attached hydrogen (secondary N) is 1. The van der Waals surface area contributed by atoms with Crippen LogP contribution in [0.5, 0.6) is 0 Å². The van der Waals surface area contributed by atoms with E-state index in [1.54, 1.807) is 6.07 Å². The van der Waals surface area contributed by atoms with E-state index in [1.807, 2.05) is 30.4 Å². The van der Waals surface area contributed by atoms with Crippen molar-refractivity contribution in [3.63, 3.8) is 0 Å². The fraction of sp³-hybridized carbons (Fsp3) is 0.583. The summed E-state index contributed by atoms with van der Waals surface area (Å²) in [5.74, 6) is -0.117. The van der Waals surface area contributed by atoms with Gasteiger partial charge in [0.15, 0.2) is 0 Å². The lowest BCUT2D eigenvalue weighted by Gasteiger charge is -2.22. The Hall–Kier alpha value is -0.950. The second-order valence-electron chi connectivity index (χ2n) is 4.58. The molecule has 1 aliphatic rings. The maximum atomic E-state index is 11.7. The van der Waals surface area contributed by atoms with Crippen molar-refractivity contribution in [1.82, 2.24) is 10.2 Å². The fourth-order valence-electron chi connectivity index (χ4n) is 1.99. The maximum Gasteiger partial charge on any atom is 0.261 e. The van der Waals surface area contributed by atoms with Crippen LogP contribution in [0, 0.1) is 0 Å². The number of amides is 1. The molecule has 0 bridgehead atoms. The Kier molecular flexibility index (Phi) is 4.34. The first-order valence-corrected chi connectivity index (χ1v) is 6.75. The number of aliphatic hydroxyl groups excluding tert-OH is 1. The van der Waals surface area contributed by atoms with Crippen molar-refractivity contribution >= 4 is 17.2 Å². The van der Waals surface area contributed by atoms with Gasteiger partial charge in [-0.1, -0.05) is 6.07 Å². The predicted octanol–water partition coefficient (Wildman–Crippen LogP) is 0.168. The van der Waals surface area contributed by atoms with Gasteiger partial charge in [0.1, 0.15) is 6.10 Å². The van der Waals surface area contributed by atoms with Crippen LogP contribution in [-0.4, -0.2) is 61.4 Å². The van der Waals surface area contributed by atoms with Crippen LogP contribution in [0.2, 0.25) is 0 Å². The molecule has 3 atom stereocenters. The van der Waals surface area contributed by atoms with E-state index in [4.69, 9.17) is 4.74 Å². The van der Waals surface area contributed by atoms with E-state index >= 15 is 0 Å². The van der Waals surface area contributed by atoms with Crippen LogP contribution in [0.15, 0.2) is 17.5 Å². The summed E-state index contributed by atoms with van der Waals surface area (Å²) in [5, 5.41) is 14.7. The third-order valence-corrected chi connectivity index (χ3v) is 4.00. The number of thiophene rings is 1. The standard InChI is InChI=1S/C12H18N2O3S/c1-14(2)8-7-17-9(11(8)15)6-13-12(16)10-4-3-5-18-10/h3-5,8-9,11,15H,6-7H2,1-2H3,(H,13,16)/t8-,9-,11+/m1/s1. The minimum absolute atomic E-state index is 0.00589. The highest BCUT2D eigenvalue weighted by Gasteiger charge is 2.37. The highest BCUT2D eigenvalue weighted by atomic mass is 32.1. The minimum atomic E-state index is -0.566. The zero-order chi connectivity index (χ0) is 13.1. The zero-order valence-corrected chi connectivity index (χ0v) is 11.3. The molecule has 0 saturated carbocycles. The summed E-state index contributed by atoms with van der Waals surface area (Å²) in [4.78, 5) is 14.3. The molecule has 1 aliphatic heterocycles.